The van der Waals surface area contributed by atoms with E-state index in [4.69, 9.17) is 4.74 Å². The Morgan fingerprint density at radius 1 is 1.00 bits per heavy atom. The molecule has 0 N–H and O–H groups in total. The van der Waals surface area contributed by atoms with Gasteiger partial charge in [0, 0.05) is 0 Å². The summed E-state index contributed by atoms with van der Waals surface area (Å²) in [6, 6.07) is 5.45. The third-order valence-corrected chi connectivity index (χ3v) is 2.71. The van der Waals surface area contributed by atoms with Crippen LogP contribution in [0.15, 0.2) is 24.3 Å². The number of benzene rings is 1. The van der Waals surface area contributed by atoms with E-state index in [2.05, 4.69) is 4.74 Å². The molecule has 0 bridgehead atoms. The van der Waals surface area contributed by atoms with E-state index in [1.807, 2.05) is 6.92 Å². The molecule has 1 aromatic carbocycles. The summed E-state index contributed by atoms with van der Waals surface area (Å²) >= 11 is 0. The summed E-state index contributed by atoms with van der Waals surface area (Å²) in [5.41, 5.74) is -0.349. The van der Waals surface area contributed by atoms with Crippen LogP contribution in [0.1, 0.15) is 46.9 Å². The second-order valence-corrected chi connectivity index (χ2v) is 4.58. The van der Waals surface area contributed by atoms with Gasteiger partial charge >= 0.3 is 18.1 Å². The predicted molar refractivity (Wildman–Crippen MR) is 72.6 cm³/mol. The number of esters is 2. The highest BCUT2D eigenvalue weighted by atomic mass is 19.4. The lowest BCUT2D eigenvalue weighted by atomic mass is 10.1. The van der Waals surface area contributed by atoms with Gasteiger partial charge < -0.3 is 9.47 Å². The van der Waals surface area contributed by atoms with Crippen LogP contribution < -0.4 is 0 Å². The molecular formula is C15H17F3O4. The fourth-order valence-corrected chi connectivity index (χ4v) is 1.66. The Kier molecular flexibility index (Phi) is 6.88. The molecule has 0 radical (unpaired) electrons. The number of ether oxygens (including phenoxy) is 2. The molecule has 1 rings (SSSR count). The second kappa shape index (κ2) is 8.41. The van der Waals surface area contributed by atoms with E-state index in [1.165, 1.54) is 24.3 Å². The zero-order valence-corrected chi connectivity index (χ0v) is 12.1. The third-order valence-electron chi connectivity index (χ3n) is 2.71. The fourth-order valence-electron chi connectivity index (χ4n) is 1.66. The first kappa shape index (κ1) is 18.0. The van der Waals surface area contributed by atoms with Crippen molar-refractivity contribution in [3.63, 3.8) is 0 Å². The third kappa shape index (κ3) is 6.15. The minimum atomic E-state index is -4.62. The van der Waals surface area contributed by atoms with Gasteiger partial charge in [0.1, 0.15) is 0 Å². The molecule has 0 spiro atoms. The number of unbranched alkanes of at least 4 members (excludes halogenated alkanes) is 2. The first-order valence-corrected chi connectivity index (χ1v) is 6.85. The van der Waals surface area contributed by atoms with E-state index < -0.39 is 24.7 Å². The second-order valence-electron chi connectivity index (χ2n) is 4.58. The smallest absolute Gasteiger partial charge is 0.422 e. The average molecular weight is 318 g/mol. The summed E-state index contributed by atoms with van der Waals surface area (Å²) < 4.78 is 45.3. The first-order valence-electron chi connectivity index (χ1n) is 6.85. The van der Waals surface area contributed by atoms with Gasteiger partial charge in [-0.15, -0.1) is 0 Å². The van der Waals surface area contributed by atoms with Gasteiger partial charge in [-0.1, -0.05) is 31.9 Å². The lowest BCUT2D eigenvalue weighted by Gasteiger charge is -2.11. The van der Waals surface area contributed by atoms with Crippen molar-refractivity contribution in [1.82, 2.24) is 0 Å². The van der Waals surface area contributed by atoms with E-state index >= 15 is 0 Å². The Bertz CT molecular complexity index is 512. The van der Waals surface area contributed by atoms with Crippen molar-refractivity contribution >= 4 is 11.9 Å². The van der Waals surface area contributed by atoms with E-state index in [0.29, 0.717) is 6.42 Å². The number of hydrogen-bond acceptors (Lipinski definition) is 4. The summed E-state index contributed by atoms with van der Waals surface area (Å²) in [5, 5.41) is 0. The maximum absolute atomic E-state index is 12.1. The monoisotopic (exact) mass is 318 g/mol. The number of alkyl halides is 3. The standard InChI is InChI=1S/C15H17F3O4/c1-2-3-6-9-21-13(19)11-7-4-5-8-12(11)14(20)22-10-15(16,17)18/h4-5,7-8H,2-3,6,9-10H2,1H3. The molecule has 0 fully saturated rings. The molecule has 122 valence electrons. The quantitative estimate of drug-likeness (QED) is 0.567. The lowest BCUT2D eigenvalue weighted by molar-refractivity contribution is -0.161. The molecule has 22 heavy (non-hydrogen) atoms. The number of carbonyl (C=O) groups is 2. The zero-order chi connectivity index (χ0) is 16.6. The Balaban J connectivity index is 2.72. The SMILES string of the molecule is CCCCCOC(=O)c1ccccc1C(=O)OCC(F)(F)F. The summed E-state index contributed by atoms with van der Waals surface area (Å²) in [6.07, 6.45) is -2.09. The molecular weight excluding hydrogens is 301 g/mol. The van der Waals surface area contributed by atoms with Crippen molar-refractivity contribution in [3.05, 3.63) is 35.4 Å². The van der Waals surface area contributed by atoms with Gasteiger partial charge in [-0.2, -0.15) is 13.2 Å². The summed E-state index contributed by atoms with van der Waals surface area (Å²) in [7, 11) is 0. The predicted octanol–water partition coefficient (Wildman–Crippen LogP) is 3.75. The van der Waals surface area contributed by atoms with Crippen LogP contribution >= 0.6 is 0 Å². The Morgan fingerprint density at radius 2 is 1.55 bits per heavy atom. The van der Waals surface area contributed by atoms with Crippen LogP contribution in [-0.4, -0.2) is 31.3 Å². The van der Waals surface area contributed by atoms with Crippen molar-refractivity contribution in [2.75, 3.05) is 13.2 Å². The van der Waals surface area contributed by atoms with Crippen molar-refractivity contribution in [2.24, 2.45) is 0 Å². The van der Waals surface area contributed by atoms with Crippen molar-refractivity contribution < 1.29 is 32.2 Å². The Labute approximate surface area is 126 Å². The lowest BCUT2D eigenvalue weighted by Crippen LogP contribution is -2.22. The molecule has 0 atom stereocenters. The fraction of sp³-hybridized carbons (Fsp3) is 0.467. The largest absolute Gasteiger partial charge is 0.462 e. The van der Waals surface area contributed by atoms with Gasteiger partial charge in [0.2, 0.25) is 0 Å². The van der Waals surface area contributed by atoms with Gasteiger partial charge in [0.15, 0.2) is 6.61 Å². The number of rotatable bonds is 7. The highest BCUT2D eigenvalue weighted by Crippen LogP contribution is 2.17. The van der Waals surface area contributed by atoms with Crippen LogP contribution in [0, 0.1) is 0 Å². The highest BCUT2D eigenvalue weighted by Gasteiger charge is 2.30. The molecule has 7 heteroatoms. The summed E-state index contributed by atoms with van der Waals surface area (Å²) in [4.78, 5) is 23.5. The maximum Gasteiger partial charge on any atom is 0.422 e. The molecule has 1 aromatic rings. The van der Waals surface area contributed by atoms with Crippen LogP contribution in [-0.2, 0) is 9.47 Å². The van der Waals surface area contributed by atoms with Gasteiger partial charge in [0.05, 0.1) is 17.7 Å². The zero-order valence-electron chi connectivity index (χ0n) is 12.1. The summed E-state index contributed by atoms with van der Waals surface area (Å²) in [6.45, 7) is 0.484. The van der Waals surface area contributed by atoms with Crippen molar-refractivity contribution in [1.29, 1.82) is 0 Å². The van der Waals surface area contributed by atoms with Crippen LogP contribution in [0.2, 0.25) is 0 Å². The van der Waals surface area contributed by atoms with Crippen molar-refractivity contribution in [3.8, 4) is 0 Å². The molecule has 0 saturated carbocycles. The Hall–Kier alpha value is -2.05. The molecule has 0 aromatic heterocycles. The first-order chi connectivity index (χ1) is 10.3. The van der Waals surface area contributed by atoms with Gasteiger partial charge in [0.25, 0.3) is 0 Å². The maximum atomic E-state index is 12.1. The highest BCUT2D eigenvalue weighted by molar-refractivity contribution is 6.03. The Morgan fingerprint density at radius 3 is 2.05 bits per heavy atom. The van der Waals surface area contributed by atoms with E-state index in [1.54, 1.807) is 0 Å². The minimum Gasteiger partial charge on any atom is -0.462 e. The van der Waals surface area contributed by atoms with Crippen molar-refractivity contribution in [2.45, 2.75) is 32.4 Å². The van der Waals surface area contributed by atoms with E-state index in [-0.39, 0.29) is 17.7 Å². The van der Waals surface area contributed by atoms with Crippen LogP contribution in [0.5, 0.6) is 0 Å². The van der Waals surface area contributed by atoms with Crippen LogP contribution in [0.25, 0.3) is 0 Å². The van der Waals surface area contributed by atoms with Crippen LogP contribution in [0.4, 0.5) is 13.2 Å². The normalized spacial score (nSPS) is 11.1. The number of hydrogen-bond donors (Lipinski definition) is 0. The topological polar surface area (TPSA) is 52.6 Å². The van der Waals surface area contributed by atoms with E-state index in [9.17, 15) is 22.8 Å². The molecule has 0 aliphatic heterocycles. The molecule has 0 unspecified atom stereocenters. The molecule has 4 nitrogen and oxygen atoms in total. The molecule has 0 saturated heterocycles. The molecule has 0 aliphatic carbocycles. The number of halogens is 3. The molecule has 0 heterocycles. The molecule has 0 amide bonds. The minimum absolute atomic E-state index is 0.105. The van der Waals surface area contributed by atoms with Gasteiger partial charge in [-0.05, 0) is 18.6 Å². The average Bonchev–Trinajstić information content (AvgIpc) is 2.48. The van der Waals surface area contributed by atoms with Gasteiger partial charge in [-0.25, -0.2) is 9.59 Å². The van der Waals surface area contributed by atoms with E-state index in [0.717, 1.165) is 12.8 Å². The van der Waals surface area contributed by atoms with Crippen LogP contribution in [0.3, 0.4) is 0 Å². The van der Waals surface area contributed by atoms with Gasteiger partial charge in [-0.3, -0.25) is 0 Å². The summed E-state index contributed by atoms with van der Waals surface area (Å²) in [5.74, 6) is -1.96. The molecule has 0 aliphatic rings. The number of carbonyl (C=O) groups excluding carboxylic acids is 2.